The number of nitrogens with two attached hydrogens (primary N) is 1. The van der Waals surface area contributed by atoms with Gasteiger partial charge in [0.2, 0.25) is 5.91 Å². The van der Waals surface area contributed by atoms with Crippen LogP contribution in [-0.4, -0.2) is 20.7 Å². The van der Waals surface area contributed by atoms with Crippen molar-refractivity contribution in [3.8, 4) is 0 Å². The molecule has 4 nitrogen and oxygen atoms in total. The highest BCUT2D eigenvalue weighted by Crippen LogP contribution is 2.42. The van der Waals surface area contributed by atoms with E-state index in [1.54, 1.807) is 0 Å². The van der Waals surface area contributed by atoms with Gasteiger partial charge in [0.05, 0.1) is 5.25 Å². The van der Waals surface area contributed by atoms with Crippen molar-refractivity contribution >= 4 is 17.7 Å². The fourth-order valence-electron chi connectivity index (χ4n) is 2.21. The first-order valence-electron chi connectivity index (χ1n) is 6.95. The first-order valence-corrected chi connectivity index (χ1v) is 7.82. The number of carbonyl (C=O) groups is 1. The van der Waals surface area contributed by atoms with Gasteiger partial charge in [0, 0.05) is 17.9 Å². The Morgan fingerprint density at radius 1 is 1.42 bits per heavy atom. The Bertz CT molecular complexity index is 463. The van der Waals surface area contributed by atoms with E-state index in [-0.39, 0.29) is 17.1 Å². The molecule has 0 radical (unpaired) electrons. The summed E-state index contributed by atoms with van der Waals surface area (Å²) in [6.07, 6.45) is 4.38. The molecule has 0 saturated heterocycles. The molecule has 1 fully saturated rings. The second-order valence-electron chi connectivity index (χ2n) is 5.91. The average Bonchev–Trinajstić information content (AvgIpc) is 3.05. The van der Waals surface area contributed by atoms with Gasteiger partial charge in [0.15, 0.2) is 5.16 Å². The smallest absolute Gasteiger partial charge is 0.231 e. The van der Waals surface area contributed by atoms with Crippen LogP contribution in [-0.2, 0) is 4.79 Å². The summed E-state index contributed by atoms with van der Waals surface area (Å²) in [5.74, 6) is 0.416. The van der Waals surface area contributed by atoms with Crippen LogP contribution in [0, 0.1) is 5.92 Å². The Labute approximate surface area is 119 Å². The molecule has 0 bridgehead atoms. The van der Waals surface area contributed by atoms with Crippen molar-refractivity contribution in [2.45, 2.75) is 62.9 Å². The molecule has 1 aliphatic carbocycles. The third-order valence-corrected chi connectivity index (χ3v) is 4.96. The zero-order valence-corrected chi connectivity index (χ0v) is 12.9. The minimum atomic E-state index is -0.253. The molecule has 19 heavy (non-hydrogen) atoms. The van der Waals surface area contributed by atoms with Crippen LogP contribution in [0.25, 0.3) is 0 Å². The lowest BCUT2D eigenvalue weighted by Crippen LogP contribution is -2.30. The molecule has 1 aliphatic rings. The number of primary amides is 1. The predicted molar refractivity (Wildman–Crippen MR) is 78.3 cm³/mol. The van der Waals surface area contributed by atoms with Gasteiger partial charge < -0.3 is 10.3 Å². The number of hydrogen-bond acceptors (Lipinski definition) is 3. The normalized spacial score (nSPS) is 17.2. The van der Waals surface area contributed by atoms with Crippen LogP contribution in [0.3, 0.4) is 0 Å². The maximum absolute atomic E-state index is 11.5. The van der Waals surface area contributed by atoms with Crippen molar-refractivity contribution in [1.82, 2.24) is 9.55 Å². The number of hydrogen-bond donors (Lipinski definition) is 1. The average molecular weight is 281 g/mol. The summed E-state index contributed by atoms with van der Waals surface area (Å²) in [6, 6.07) is 0.572. The highest BCUT2D eigenvalue weighted by Gasteiger charge is 2.31. The first-order chi connectivity index (χ1) is 8.91. The van der Waals surface area contributed by atoms with Gasteiger partial charge in [0.25, 0.3) is 0 Å². The van der Waals surface area contributed by atoms with Gasteiger partial charge in [-0.1, -0.05) is 39.5 Å². The van der Waals surface area contributed by atoms with E-state index in [0.29, 0.717) is 12.0 Å². The number of nitrogens with zero attached hydrogens (tertiary/aromatic N) is 2. The highest BCUT2D eigenvalue weighted by atomic mass is 32.2. The number of imidazole rings is 1. The van der Waals surface area contributed by atoms with E-state index in [1.807, 2.05) is 20.0 Å². The third-order valence-electron chi connectivity index (χ3n) is 3.41. The van der Waals surface area contributed by atoms with Gasteiger partial charge in [-0.2, -0.15) is 0 Å². The fraction of sp³-hybridized carbons (Fsp3) is 0.714. The monoisotopic (exact) mass is 281 g/mol. The molecule has 2 N–H and O–H groups in total. The van der Waals surface area contributed by atoms with E-state index in [0.717, 1.165) is 5.16 Å². The van der Waals surface area contributed by atoms with Crippen LogP contribution >= 0.6 is 11.8 Å². The van der Waals surface area contributed by atoms with Crippen LogP contribution in [0.1, 0.15) is 58.2 Å². The zero-order chi connectivity index (χ0) is 14.2. The maximum atomic E-state index is 11.5. The second-order valence-corrected chi connectivity index (χ2v) is 7.02. The largest absolute Gasteiger partial charge is 0.369 e. The van der Waals surface area contributed by atoms with Crippen LogP contribution in [0.2, 0.25) is 0 Å². The van der Waals surface area contributed by atoms with Crippen molar-refractivity contribution in [3.05, 3.63) is 11.9 Å². The molecule has 0 spiro atoms. The Morgan fingerprint density at radius 3 is 2.47 bits per heavy atom. The van der Waals surface area contributed by atoms with Gasteiger partial charge >= 0.3 is 0 Å². The van der Waals surface area contributed by atoms with Crippen molar-refractivity contribution in [1.29, 1.82) is 0 Å². The standard InChI is InChI=1S/C14H23N3OS/c1-8(2)11-7-16-14(17(11)10-5-6-10)19-12(9(3)4)13(15)18/h7-10,12H,5-6H2,1-4H3,(H2,15,18). The molecule has 1 amide bonds. The van der Waals surface area contributed by atoms with E-state index in [2.05, 4.69) is 23.4 Å². The SMILES string of the molecule is CC(C)c1cnc(SC(C(N)=O)C(C)C)n1C1CC1. The van der Waals surface area contributed by atoms with Crippen LogP contribution in [0.5, 0.6) is 0 Å². The maximum Gasteiger partial charge on any atom is 0.231 e. The van der Waals surface area contributed by atoms with Crippen molar-refractivity contribution in [2.75, 3.05) is 0 Å². The topological polar surface area (TPSA) is 60.9 Å². The third kappa shape index (κ3) is 3.14. The Balaban J connectivity index is 2.27. The summed E-state index contributed by atoms with van der Waals surface area (Å²) in [4.78, 5) is 16.1. The molecule has 106 valence electrons. The number of aromatic nitrogens is 2. The molecule has 1 unspecified atom stereocenters. The summed E-state index contributed by atoms with van der Waals surface area (Å²) in [5.41, 5.74) is 6.76. The summed E-state index contributed by atoms with van der Waals surface area (Å²) >= 11 is 1.52. The number of rotatable bonds is 6. The fourth-order valence-corrected chi connectivity index (χ4v) is 3.30. The van der Waals surface area contributed by atoms with Crippen molar-refractivity contribution in [3.63, 3.8) is 0 Å². The second kappa shape index (κ2) is 5.57. The minimum absolute atomic E-state index is 0.208. The lowest BCUT2D eigenvalue weighted by molar-refractivity contribution is -0.118. The number of amides is 1. The van der Waals surface area contributed by atoms with Gasteiger partial charge in [-0.15, -0.1) is 0 Å². The van der Waals surface area contributed by atoms with E-state index >= 15 is 0 Å². The van der Waals surface area contributed by atoms with E-state index in [4.69, 9.17) is 5.73 Å². The number of carbonyl (C=O) groups excluding carboxylic acids is 1. The van der Waals surface area contributed by atoms with E-state index in [9.17, 15) is 4.79 Å². The molecule has 2 rings (SSSR count). The Hall–Kier alpha value is -0.970. The molecule has 0 aliphatic heterocycles. The van der Waals surface area contributed by atoms with Gasteiger partial charge in [0.1, 0.15) is 0 Å². The molecule has 0 aromatic carbocycles. The Morgan fingerprint density at radius 2 is 2.05 bits per heavy atom. The van der Waals surface area contributed by atoms with Gasteiger partial charge in [-0.25, -0.2) is 4.98 Å². The van der Waals surface area contributed by atoms with E-state index in [1.165, 1.54) is 30.3 Å². The predicted octanol–water partition coefficient (Wildman–Crippen LogP) is 2.94. The van der Waals surface area contributed by atoms with E-state index < -0.39 is 0 Å². The number of thioether (sulfide) groups is 1. The summed E-state index contributed by atoms with van der Waals surface area (Å²) in [7, 11) is 0. The molecule has 1 aromatic rings. The molecule has 5 heteroatoms. The summed E-state index contributed by atoms with van der Waals surface area (Å²) in [5, 5.41) is 0.739. The van der Waals surface area contributed by atoms with Crippen LogP contribution < -0.4 is 5.73 Å². The molecule has 1 saturated carbocycles. The van der Waals surface area contributed by atoms with Gasteiger partial charge in [-0.3, -0.25) is 4.79 Å². The highest BCUT2D eigenvalue weighted by molar-refractivity contribution is 8.00. The first kappa shape index (κ1) is 14.4. The lowest BCUT2D eigenvalue weighted by atomic mass is 10.1. The van der Waals surface area contributed by atoms with Gasteiger partial charge in [-0.05, 0) is 24.7 Å². The minimum Gasteiger partial charge on any atom is -0.369 e. The molecule has 1 heterocycles. The zero-order valence-electron chi connectivity index (χ0n) is 12.1. The Kier molecular flexibility index (Phi) is 4.23. The summed E-state index contributed by atoms with van der Waals surface area (Å²) < 4.78 is 2.31. The summed E-state index contributed by atoms with van der Waals surface area (Å²) in [6.45, 7) is 8.41. The molecular weight excluding hydrogens is 258 g/mol. The van der Waals surface area contributed by atoms with Crippen LogP contribution in [0.4, 0.5) is 0 Å². The van der Waals surface area contributed by atoms with Crippen molar-refractivity contribution < 1.29 is 4.79 Å². The molecular formula is C14H23N3OS. The molecule has 1 atom stereocenters. The van der Waals surface area contributed by atoms with Crippen molar-refractivity contribution in [2.24, 2.45) is 11.7 Å². The lowest BCUT2D eigenvalue weighted by Gasteiger charge is -2.18. The quantitative estimate of drug-likeness (QED) is 0.815. The molecule has 1 aromatic heterocycles. The van der Waals surface area contributed by atoms with Crippen LogP contribution in [0.15, 0.2) is 11.4 Å².